The van der Waals surface area contributed by atoms with E-state index in [1.54, 1.807) is 48.5 Å². The quantitative estimate of drug-likeness (QED) is 0.134. The Kier molecular flexibility index (Phi) is 8.25. The van der Waals surface area contributed by atoms with Crippen molar-refractivity contribution in [3.8, 4) is 11.5 Å². The van der Waals surface area contributed by atoms with E-state index in [1.165, 1.54) is 27.2 Å². The highest BCUT2D eigenvalue weighted by molar-refractivity contribution is 6.29. The predicted octanol–water partition coefficient (Wildman–Crippen LogP) is 7.40. The van der Waals surface area contributed by atoms with Gasteiger partial charge in [0.15, 0.2) is 6.10 Å². The Balaban J connectivity index is 1.76. The zero-order valence-electron chi connectivity index (χ0n) is 23.5. The van der Waals surface area contributed by atoms with Crippen LogP contribution in [-0.2, 0) is 15.8 Å². The summed E-state index contributed by atoms with van der Waals surface area (Å²) in [5, 5.41) is 3.14. The lowest BCUT2D eigenvalue weighted by Crippen LogP contribution is -2.54. The molecule has 0 radical (unpaired) electrons. The molecule has 11 heteroatoms. The van der Waals surface area contributed by atoms with Crippen LogP contribution in [0.3, 0.4) is 0 Å². The summed E-state index contributed by atoms with van der Waals surface area (Å²) in [4.78, 5) is 8.58. The molecule has 43 heavy (non-hydrogen) atoms. The first-order valence-corrected chi connectivity index (χ1v) is 13.6. The molecule has 0 aliphatic carbocycles. The number of rotatable bonds is 7. The van der Waals surface area contributed by atoms with Gasteiger partial charge in [0.25, 0.3) is 6.02 Å². The van der Waals surface area contributed by atoms with E-state index >= 15 is 4.39 Å². The van der Waals surface area contributed by atoms with Crippen molar-refractivity contribution < 1.29 is 31.8 Å². The van der Waals surface area contributed by atoms with E-state index in [0.717, 1.165) is 6.07 Å². The molecule has 0 amide bonds. The maximum Gasteiger partial charge on any atom is 0.425 e. The van der Waals surface area contributed by atoms with E-state index in [2.05, 4.69) is 15.3 Å². The SMILES string of the molecule is COc1ccc(C(NC2=NC(C)(c3nc(Cl)ccc3F)CC(C(F)(F)F)O2)(c2ccccc2)c2ccc(OC)cc2)cc1. The fraction of sp³-hybridized carbons (Fsp3) is 0.250. The number of aromatic nitrogens is 1. The number of aliphatic imine (C=N–C) groups is 1. The summed E-state index contributed by atoms with van der Waals surface area (Å²) < 4.78 is 74.4. The maximum absolute atomic E-state index is 15.1. The number of methoxy groups -OCH3 is 2. The van der Waals surface area contributed by atoms with Gasteiger partial charge >= 0.3 is 6.18 Å². The second-order valence-electron chi connectivity index (χ2n) is 10.2. The average Bonchev–Trinajstić information content (AvgIpc) is 3.01. The lowest BCUT2D eigenvalue weighted by molar-refractivity contribution is -0.209. The zero-order valence-corrected chi connectivity index (χ0v) is 24.2. The van der Waals surface area contributed by atoms with Crippen molar-refractivity contribution in [3.63, 3.8) is 0 Å². The first kappa shape index (κ1) is 30.2. The second-order valence-corrected chi connectivity index (χ2v) is 10.6. The number of amidine groups is 1. The minimum absolute atomic E-state index is 0.0764. The number of hydrogen-bond acceptors (Lipinski definition) is 6. The number of halogens is 5. The number of pyridine rings is 1. The smallest absolute Gasteiger partial charge is 0.425 e. The molecule has 0 bridgehead atoms. The minimum Gasteiger partial charge on any atom is -0.497 e. The van der Waals surface area contributed by atoms with Gasteiger partial charge in [-0.2, -0.15) is 13.2 Å². The van der Waals surface area contributed by atoms with Gasteiger partial charge in [0.05, 0.1) is 14.2 Å². The highest BCUT2D eigenvalue weighted by atomic mass is 35.5. The molecule has 2 unspecified atom stereocenters. The number of alkyl halides is 3. The van der Waals surface area contributed by atoms with E-state index in [9.17, 15) is 13.2 Å². The Morgan fingerprint density at radius 2 is 1.37 bits per heavy atom. The van der Waals surface area contributed by atoms with Gasteiger partial charge in [-0.25, -0.2) is 14.4 Å². The Labute approximate surface area is 251 Å². The molecule has 2 atom stereocenters. The van der Waals surface area contributed by atoms with Gasteiger partial charge in [0.1, 0.15) is 39.2 Å². The summed E-state index contributed by atoms with van der Waals surface area (Å²) in [5.74, 6) is 0.329. The summed E-state index contributed by atoms with van der Waals surface area (Å²) in [7, 11) is 3.07. The molecule has 1 aliphatic heterocycles. The number of benzene rings is 3. The van der Waals surface area contributed by atoms with Crippen molar-refractivity contribution in [2.75, 3.05) is 14.2 Å². The standard InChI is InChI=1S/C32H28ClF4N3O3/c1-30(28-25(34)17-18-27(33)38-28)19-26(32(35,36)37)43-29(39-30)40-31(20-7-5-4-6-8-20,21-9-13-23(41-2)14-10-21)22-11-15-24(42-3)16-12-22/h4-18,26H,19H2,1-3H3,(H,39,40). The van der Waals surface area contributed by atoms with E-state index < -0.39 is 41.6 Å². The van der Waals surface area contributed by atoms with Gasteiger partial charge in [0, 0.05) is 6.42 Å². The van der Waals surface area contributed by atoms with Crippen LogP contribution in [0.4, 0.5) is 17.6 Å². The van der Waals surface area contributed by atoms with Crippen LogP contribution in [0.15, 0.2) is 96.0 Å². The number of nitrogens with one attached hydrogen (secondary N) is 1. The van der Waals surface area contributed by atoms with E-state index in [4.69, 9.17) is 25.8 Å². The van der Waals surface area contributed by atoms with Crippen LogP contribution in [0.25, 0.3) is 0 Å². The summed E-state index contributed by atoms with van der Waals surface area (Å²) in [6.07, 6.45) is -7.83. The molecule has 6 nitrogen and oxygen atoms in total. The third-order valence-corrected chi connectivity index (χ3v) is 7.63. The second kappa shape index (κ2) is 11.8. The lowest BCUT2D eigenvalue weighted by Gasteiger charge is -2.42. The van der Waals surface area contributed by atoms with Gasteiger partial charge in [0.2, 0.25) is 0 Å². The first-order chi connectivity index (χ1) is 20.5. The fourth-order valence-electron chi connectivity index (χ4n) is 5.27. The molecule has 1 aromatic heterocycles. The summed E-state index contributed by atoms with van der Waals surface area (Å²) in [6, 6.07) is 25.1. The molecule has 3 aromatic carbocycles. The van der Waals surface area contributed by atoms with Crippen molar-refractivity contribution >= 4 is 17.6 Å². The third-order valence-electron chi connectivity index (χ3n) is 7.42. The summed E-state index contributed by atoms with van der Waals surface area (Å²) >= 11 is 6.04. The lowest BCUT2D eigenvalue weighted by atomic mass is 9.77. The molecular formula is C32H28ClF4N3O3. The Morgan fingerprint density at radius 3 is 1.88 bits per heavy atom. The monoisotopic (exact) mass is 613 g/mol. The van der Waals surface area contributed by atoms with Crippen LogP contribution in [0.5, 0.6) is 11.5 Å². The number of ether oxygens (including phenoxy) is 3. The van der Waals surface area contributed by atoms with Crippen LogP contribution in [0.1, 0.15) is 35.7 Å². The van der Waals surface area contributed by atoms with E-state index in [-0.39, 0.29) is 10.8 Å². The van der Waals surface area contributed by atoms with Crippen LogP contribution in [0, 0.1) is 5.82 Å². The molecule has 224 valence electrons. The minimum atomic E-state index is -4.80. The molecule has 0 spiro atoms. The molecule has 0 fully saturated rings. The van der Waals surface area contributed by atoms with Gasteiger partial charge in [-0.3, -0.25) is 0 Å². The van der Waals surface area contributed by atoms with Crippen molar-refractivity contribution in [3.05, 3.63) is 124 Å². The highest BCUT2D eigenvalue weighted by Gasteiger charge is 2.52. The van der Waals surface area contributed by atoms with Crippen LogP contribution >= 0.6 is 11.6 Å². The van der Waals surface area contributed by atoms with Crippen LogP contribution in [-0.4, -0.2) is 37.5 Å². The average molecular weight is 614 g/mol. The summed E-state index contributed by atoms with van der Waals surface area (Å²) in [6.45, 7) is 1.38. The molecule has 0 saturated heterocycles. The van der Waals surface area contributed by atoms with Crippen molar-refractivity contribution in [2.24, 2.45) is 4.99 Å². The first-order valence-electron chi connectivity index (χ1n) is 13.3. The van der Waals surface area contributed by atoms with Crippen LogP contribution in [0.2, 0.25) is 5.15 Å². The predicted molar refractivity (Wildman–Crippen MR) is 155 cm³/mol. The molecular weight excluding hydrogens is 586 g/mol. The fourth-order valence-corrected chi connectivity index (χ4v) is 5.41. The third kappa shape index (κ3) is 5.97. The Morgan fingerprint density at radius 1 is 0.837 bits per heavy atom. The molecule has 4 aromatic rings. The number of nitrogens with zero attached hydrogens (tertiary/aromatic N) is 2. The molecule has 1 N–H and O–H groups in total. The Hall–Kier alpha value is -4.31. The van der Waals surface area contributed by atoms with Gasteiger partial charge in [-0.15, -0.1) is 0 Å². The van der Waals surface area contributed by atoms with E-state index in [1.807, 2.05) is 30.3 Å². The molecule has 0 saturated carbocycles. The van der Waals surface area contributed by atoms with Gasteiger partial charge in [-0.05, 0) is 60.0 Å². The van der Waals surface area contributed by atoms with Gasteiger partial charge < -0.3 is 19.5 Å². The Bertz CT molecular complexity index is 1550. The van der Waals surface area contributed by atoms with Crippen molar-refractivity contribution in [1.29, 1.82) is 0 Å². The maximum atomic E-state index is 15.1. The topological polar surface area (TPSA) is 65.0 Å². The molecule has 1 aliphatic rings. The van der Waals surface area contributed by atoms with Gasteiger partial charge in [-0.1, -0.05) is 66.2 Å². The largest absolute Gasteiger partial charge is 0.497 e. The zero-order chi connectivity index (χ0) is 30.8. The molecule has 5 rings (SSSR count). The normalized spacial score (nSPS) is 18.8. The number of hydrogen-bond donors (Lipinski definition) is 1. The van der Waals surface area contributed by atoms with Crippen molar-refractivity contribution in [1.82, 2.24) is 10.3 Å². The van der Waals surface area contributed by atoms with Crippen LogP contribution < -0.4 is 14.8 Å². The van der Waals surface area contributed by atoms with E-state index in [0.29, 0.717) is 28.2 Å². The molecule has 2 heterocycles. The highest BCUT2D eigenvalue weighted by Crippen LogP contribution is 2.43. The summed E-state index contributed by atoms with van der Waals surface area (Å²) in [5.41, 5.74) is -1.50. The van der Waals surface area contributed by atoms with Crippen molar-refractivity contribution in [2.45, 2.75) is 36.7 Å².